The lowest BCUT2D eigenvalue weighted by molar-refractivity contribution is -0.137. The van der Waals surface area contributed by atoms with Crippen molar-refractivity contribution in [2.75, 3.05) is 24.6 Å². The highest BCUT2D eigenvalue weighted by atomic mass is 32.2. The molecule has 92 valence electrons. The third-order valence-corrected chi connectivity index (χ3v) is 4.98. The second-order valence-electron chi connectivity index (χ2n) is 4.89. The minimum absolute atomic E-state index is 0.0635. The van der Waals surface area contributed by atoms with Gasteiger partial charge < -0.3 is 10.2 Å². The fourth-order valence-corrected chi connectivity index (χ4v) is 4.43. The number of amides is 1. The average molecular weight is 246 g/mol. The van der Waals surface area contributed by atoms with E-state index in [1.54, 1.807) is 4.90 Å². The van der Waals surface area contributed by atoms with Gasteiger partial charge in [-0.2, -0.15) is 0 Å². The first kappa shape index (κ1) is 11.9. The number of nitrogens with one attached hydrogen (secondary N) is 1. The molecule has 1 N–H and O–H groups in total. The Hall–Kier alpha value is -0.620. The van der Waals surface area contributed by atoms with Crippen LogP contribution in [0.1, 0.15) is 13.8 Å². The molecule has 0 aromatic heterocycles. The van der Waals surface area contributed by atoms with Gasteiger partial charge in [0.1, 0.15) is 0 Å². The Kier molecular flexibility index (Phi) is 2.96. The molecule has 2 unspecified atom stereocenters. The molecule has 6 heteroatoms. The van der Waals surface area contributed by atoms with E-state index in [0.717, 1.165) is 0 Å². The van der Waals surface area contributed by atoms with Crippen LogP contribution in [0.15, 0.2) is 0 Å². The number of carbonyl (C=O) groups is 1. The first-order chi connectivity index (χ1) is 7.41. The number of sulfone groups is 1. The molecule has 16 heavy (non-hydrogen) atoms. The van der Waals surface area contributed by atoms with Crippen molar-refractivity contribution >= 4 is 15.7 Å². The molecule has 0 radical (unpaired) electrons. The van der Waals surface area contributed by atoms with Crippen molar-refractivity contribution < 1.29 is 13.2 Å². The smallest absolute Gasteiger partial charge is 0.225 e. The molecule has 0 aromatic carbocycles. The van der Waals surface area contributed by atoms with Crippen LogP contribution in [0.2, 0.25) is 0 Å². The zero-order valence-corrected chi connectivity index (χ0v) is 10.5. The first-order valence-corrected chi connectivity index (χ1v) is 7.47. The van der Waals surface area contributed by atoms with E-state index in [0.29, 0.717) is 13.1 Å². The predicted molar refractivity (Wildman–Crippen MR) is 60.8 cm³/mol. The van der Waals surface area contributed by atoms with Gasteiger partial charge in [-0.3, -0.25) is 4.79 Å². The third kappa shape index (κ3) is 2.08. The summed E-state index contributed by atoms with van der Waals surface area (Å²) >= 11 is 0. The van der Waals surface area contributed by atoms with Gasteiger partial charge in [0.05, 0.1) is 17.5 Å². The quantitative estimate of drug-likeness (QED) is 0.660. The Bertz CT molecular complexity index is 391. The van der Waals surface area contributed by atoms with Crippen molar-refractivity contribution in [3.8, 4) is 0 Å². The van der Waals surface area contributed by atoms with Crippen LogP contribution in [0.3, 0.4) is 0 Å². The molecular weight excluding hydrogens is 228 g/mol. The van der Waals surface area contributed by atoms with E-state index in [9.17, 15) is 13.2 Å². The largest absolute Gasteiger partial charge is 0.336 e. The summed E-state index contributed by atoms with van der Waals surface area (Å²) in [5.74, 6) is 0.276. The fraction of sp³-hybridized carbons (Fsp3) is 0.900. The van der Waals surface area contributed by atoms with Crippen LogP contribution in [0.25, 0.3) is 0 Å². The number of piperazine rings is 1. The summed E-state index contributed by atoms with van der Waals surface area (Å²) < 4.78 is 23.1. The summed E-state index contributed by atoms with van der Waals surface area (Å²) in [7, 11) is -2.98. The van der Waals surface area contributed by atoms with Gasteiger partial charge in [0.15, 0.2) is 9.84 Å². The van der Waals surface area contributed by atoms with E-state index in [4.69, 9.17) is 0 Å². The predicted octanol–water partition coefficient (Wildman–Crippen LogP) is -0.760. The molecule has 2 fully saturated rings. The maximum Gasteiger partial charge on any atom is 0.225 e. The third-order valence-electron chi connectivity index (χ3n) is 3.26. The van der Waals surface area contributed by atoms with E-state index >= 15 is 0 Å². The highest BCUT2D eigenvalue weighted by molar-refractivity contribution is 7.91. The summed E-state index contributed by atoms with van der Waals surface area (Å²) in [6.45, 7) is 5.01. The van der Waals surface area contributed by atoms with Gasteiger partial charge in [-0.15, -0.1) is 0 Å². The number of carbonyl (C=O) groups excluding carboxylic acids is 1. The van der Waals surface area contributed by atoms with Gasteiger partial charge in [-0.1, -0.05) is 13.8 Å². The zero-order chi connectivity index (χ0) is 11.9. The molecule has 2 saturated heterocycles. The standard InChI is InChI=1S/C10H18N2O3S/c1-7(2)10(13)12-4-3-11-8-5-16(14,15)6-9(8)12/h7-9,11H,3-6H2,1-2H3. The number of rotatable bonds is 1. The summed E-state index contributed by atoms with van der Waals surface area (Å²) in [5.41, 5.74) is 0. The van der Waals surface area contributed by atoms with E-state index in [1.807, 2.05) is 13.8 Å². The minimum atomic E-state index is -2.98. The summed E-state index contributed by atoms with van der Waals surface area (Å²) in [5, 5.41) is 3.19. The molecule has 0 spiro atoms. The van der Waals surface area contributed by atoms with Crippen LogP contribution < -0.4 is 5.32 Å². The van der Waals surface area contributed by atoms with Crippen LogP contribution in [-0.4, -0.2) is 55.9 Å². The second-order valence-corrected chi connectivity index (χ2v) is 7.05. The van der Waals surface area contributed by atoms with Gasteiger partial charge in [0, 0.05) is 25.0 Å². The van der Waals surface area contributed by atoms with Crippen molar-refractivity contribution in [2.24, 2.45) is 5.92 Å². The second kappa shape index (κ2) is 4.00. The minimum Gasteiger partial charge on any atom is -0.336 e. The van der Waals surface area contributed by atoms with Crippen molar-refractivity contribution in [3.05, 3.63) is 0 Å². The van der Waals surface area contributed by atoms with Crippen LogP contribution >= 0.6 is 0 Å². The van der Waals surface area contributed by atoms with Gasteiger partial charge >= 0.3 is 0 Å². The average Bonchev–Trinajstić information content (AvgIpc) is 2.49. The molecule has 0 saturated carbocycles. The Morgan fingerprint density at radius 1 is 1.38 bits per heavy atom. The molecule has 2 atom stereocenters. The molecule has 2 aliphatic rings. The molecule has 2 heterocycles. The molecule has 0 aliphatic carbocycles. The Labute approximate surface area is 96.1 Å². The molecule has 0 bridgehead atoms. The monoisotopic (exact) mass is 246 g/mol. The summed E-state index contributed by atoms with van der Waals surface area (Å²) in [6.07, 6.45) is 0. The number of hydrogen-bond acceptors (Lipinski definition) is 4. The molecular formula is C10H18N2O3S. The van der Waals surface area contributed by atoms with E-state index in [2.05, 4.69) is 5.32 Å². The zero-order valence-electron chi connectivity index (χ0n) is 9.64. The van der Waals surface area contributed by atoms with Crippen LogP contribution in [0.4, 0.5) is 0 Å². The lowest BCUT2D eigenvalue weighted by Crippen LogP contribution is -2.59. The molecule has 1 amide bonds. The number of nitrogens with zero attached hydrogens (tertiary/aromatic N) is 1. The summed E-state index contributed by atoms with van der Waals surface area (Å²) in [6, 6.07) is -0.227. The van der Waals surface area contributed by atoms with Crippen molar-refractivity contribution in [1.29, 1.82) is 0 Å². The molecule has 5 nitrogen and oxygen atoms in total. The Balaban J connectivity index is 2.19. The molecule has 2 rings (SSSR count). The summed E-state index contributed by atoms with van der Waals surface area (Å²) in [4.78, 5) is 13.7. The van der Waals surface area contributed by atoms with Crippen LogP contribution in [0.5, 0.6) is 0 Å². The molecule has 2 aliphatic heterocycles. The lowest BCUT2D eigenvalue weighted by Gasteiger charge is -2.38. The van der Waals surface area contributed by atoms with E-state index in [1.165, 1.54) is 0 Å². The van der Waals surface area contributed by atoms with E-state index in [-0.39, 0.29) is 35.4 Å². The molecule has 0 aromatic rings. The Morgan fingerprint density at radius 2 is 2.06 bits per heavy atom. The van der Waals surface area contributed by atoms with Crippen molar-refractivity contribution in [2.45, 2.75) is 25.9 Å². The number of fused-ring (bicyclic) bond motifs is 1. The SMILES string of the molecule is CC(C)C(=O)N1CCNC2CS(=O)(=O)CC21. The van der Waals surface area contributed by atoms with Crippen molar-refractivity contribution in [3.63, 3.8) is 0 Å². The van der Waals surface area contributed by atoms with Gasteiger partial charge in [0.2, 0.25) is 5.91 Å². The highest BCUT2D eigenvalue weighted by Gasteiger charge is 2.44. The normalized spacial score (nSPS) is 32.8. The van der Waals surface area contributed by atoms with Crippen molar-refractivity contribution in [1.82, 2.24) is 10.2 Å². The maximum atomic E-state index is 12.0. The lowest BCUT2D eigenvalue weighted by atomic mass is 10.0. The maximum absolute atomic E-state index is 12.0. The fourth-order valence-electron chi connectivity index (χ4n) is 2.47. The van der Waals surface area contributed by atoms with Gasteiger partial charge in [-0.25, -0.2) is 8.42 Å². The van der Waals surface area contributed by atoms with Gasteiger partial charge in [-0.05, 0) is 0 Å². The first-order valence-electron chi connectivity index (χ1n) is 5.65. The Morgan fingerprint density at radius 3 is 2.69 bits per heavy atom. The van der Waals surface area contributed by atoms with Crippen LogP contribution in [-0.2, 0) is 14.6 Å². The van der Waals surface area contributed by atoms with Crippen LogP contribution in [0, 0.1) is 5.92 Å². The van der Waals surface area contributed by atoms with E-state index < -0.39 is 9.84 Å². The van der Waals surface area contributed by atoms with Gasteiger partial charge in [0.25, 0.3) is 0 Å². The number of hydrogen-bond donors (Lipinski definition) is 1. The topological polar surface area (TPSA) is 66.5 Å². The highest BCUT2D eigenvalue weighted by Crippen LogP contribution is 2.22.